The van der Waals surface area contributed by atoms with E-state index >= 15 is 0 Å². The number of nitriles is 1. The third-order valence-electron chi connectivity index (χ3n) is 3.39. The van der Waals surface area contributed by atoms with Crippen molar-refractivity contribution < 1.29 is 4.74 Å². The predicted molar refractivity (Wildman–Crippen MR) is 85.9 cm³/mol. The number of ether oxygens (including phenoxy) is 1. The van der Waals surface area contributed by atoms with E-state index in [4.69, 9.17) is 16.3 Å². The number of anilines is 2. The molecule has 2 N–H and O–H groups in total. The zero-order valence-corrected chi connectivity index (χ0v) is 12.9. The topological polar surface area (TPSA) is 103 Å². The Morgan fingerprint density at radius 1 is 1.43 bits per heavy atom. The van der Waals surface area contributed by atoms with Crippen LogP contribution in [-0.4, -0.2) is 46.9 Å². The fraction of sp³-hybridized carbons (Fsp3) is 0.286. The van der Waals surface area contributed by atoms with Crippen LogP contribution in [0.15, 0.2) is 24.4 Å². The van der Waals surface area contributed by atoms with E-state index in [9.17, 15) is 5.26 Å². The van der Waals surface area contributed by atoms with Crippen LogP contribution in [0.3, 0.4) is 0 Å². The Labute approximate surface area is 137 Å². The monoisotopic (exact) mass is 331 g/mol. The summed E-state index contributed by atoms with van der Waals surface area (Å²) in [5, 5.41) is 26.3. The van der Waals surface area contributed by atoms with E-state index in [2.05, 4.69) is 30.8 Å². The van der Waals surface area contributed by atoms with E-state index < -0.39 is 0 Å². The second-order valence-corrected chi connectivity index (χ2v) is 5.25. The number of allylic oxidation sites excluding steroid dienone is 1. The maximum Gasteiger partial charge on any atom is 0.216 e. The van der Waals surface area contributed by atoms with Crippen molar-refractivity contribution in [2.75, 3.05) is 36.5 Å². The molecule has 0 radical (unpaired) electrons. The Kier molecular flexibility index (Phi) is 4.71. The molecule has 0 spiro atoms. The molecule has 2 heterocycles. The zero-order chi connectivity index (χ0) is 16.1. The van der Waals surface area contributed by atoms with Crippen molar-refractivity contribution >= 4 is 28.5 Å². The van der Waals surface area contributed by atoms with Crippen LogP contribution in [0.2, 0.25) is 5.02 Å². The van der Waals surface area contributed by atoms with Crippen molar-refractivity contribution in [3.05, 3.63) is 35.2 Å². The molecule has 1 aromatic carbocycles. The van der Waals surface area contributed by atoms with Crippen molar-refractivity contribution in [2.24, 2.45) is 0 Å². The molecular formula is C14H14ClN7O. The van der Waals surface area contributed by atoms with Crippen molar-refractivity contribution in [1.29, 1.82) is 5.26 Å². The summed E-state index contributed by atoms with van der Waals surface area (Å²) in [7, 11) is 0. The van der Waals surface area contributed by atoms with Crippen LogP contribution >= 0.6 is 11.6 Å². The Morgan fingerprint density at radius 2 is 2.26 bits per heavy atom. The molecule has 3 rings (SSSR count). The van der Waals surface area contributed by atoms with Gasteiger partial charge in [-0.15, -0.1) is 10.2 Å². The summed E-state index contributed by atoms with van der Waals surface area (Å²) in [4.78, 5) is 2.20. The van der Waals surface area contributed by atoms with Gasteiger partial charge < -0.3 is 15.0 Å². The van der Waals surface area contributed by atoms with E-state index in [-0.39, 0.29) is 11.4 Å². The highest BCUT2D eigenvalue weighted by Crippen LogP contribution is 2.30. The van der Waals surface area contributed by atoms with E-state index in [0.29, 0.717) is 18.2 Å². The second-order valence-electron chi connectivity index (χ2n) is 4.81. The SMILES string of the molecule is N#CC(=CNc1cc(Cl)ccc1N1CCOCC1)c1nn[nH]n1. The molecule has 8 nitrogen and oxygen atoms in total. The lowest BCUT2D eigenvalue weighted by Gasteiger charge is -2.30. The lowest BCUT2D eigenvalue weighted by Crippen LogP contribution is -2.36. The quantitative estimate of drug-likeness (QED) is 0.821. The number of hydrogen-bond donors (Lipinski definition) is 2. The molecule has 1 aliphatic rings. The van der Waals surface area contributed by atoms with Gasteiger partial charge in [0, 0.05) is 24.3 Å². The molecule has 0 saturated carbocycles. The second kappa shape index (κ2) is 7.09. The number of nitrogens with one attached hydrogen (secondary N) is 2. The van der Waals surface area contributed by atoms with Gasteiger partial charge in [0.1, 0.15) is 11.6 Å². The Balaban J connectivity index is 1.87. The number of tetrazole rings is 1. The molecule has 118 valence electrons. The van der Waals surface area contributed by atoms with Crippen LogP contribution in [-0.2, 0) is 4.74 Å². The molecule has 1 aliphatic heterocycles. The van der Waals surface area contributed by atoms with Gasteiger partial charge in [-0.2, -0.15) is 10.5 Å². The minimum Gasteiger partial charge on any atom is -0.378 e. The van der Waals surface area contributed by atoms with Crippen LogP contribution in [0, 0.1) is 11.3 Å². The fourth-order valence-corrected chi connectivity index (χ4v) is 2.45. The van der Waals surface area contributed by atoms with Gasteiger partial charge in [0.05, 0.1) is 24.6 Å². The minimum atomic E-state index is 0.231. The zero-order valence-electron chi connectivity index (χ0n) is 12.2. The summed E-state index contributed by atoms with van der Waals surface area (Å²) in [6, 6.07) is 7.64. The first-order valence-electron chi connectivity index (χ1n) is 7.01. The molecule has 0 amide bonds. The van der Waals surface area contributed by atoms with Crippen molar-refractivity contribution in [2.45, 2.75) is 0 Å². The van der Waals surface area contributed by atoms with Gasteiger partial charge in [-0.25, -0.2) is 0 Å². The lowest BCUT2D eigenvalue weighted by molar-refractivity contribution is 0.123. The summed E-state index contributed by atoms with van der Waals surface area (Å²) in [5.74, 6) is 0.231. The van der Waals surface area contributed by atoms with Gasteiger partial charge in [-0.1, -0.05) is 11.6 Å². The van der Waals surface area contributed by atoms with Gasteiger partial charge in [0.15, 0.2) is 0 Å². The van der Waals surface area contributed by atoms with E-state index in [1.807, 2.05) is 24.3 Å². The maximum atomic E-state index is 9.22. The number of aromatic nitrogens is 4. The molecule has 1 fully saturated rings. The Morgan fingerprint density at radius 3 is 2.96 bits per heavy atom. The van der Waals surface area contributed by atoms with Gasteiger partial charge in [-0.3, -0.25) is 0 Å². The molecule has 23 heavy (non-hydrogen) atoms. The molecule has 2 aromatic rings. The van der Waals surface area contributed by atoms with Crippen molar-refractivity contribution in [1.82, 2.24) is 20.6 Å². The molecule has 0 bridgehead atoms. The highest BCUT2D eigenvalue weighted by molar-refractivity contribution is 6.31. The molecule has 1 aromatic heterocycles. The molecular weight excluding hydrogens is 318 g/mol. The first-order chi connectivity index (χ1) is 11.3. The third kappa shape index (κ3) is 3.59. The molecule has 0 atom stereocenters. The fourth-order valence-electron chi connectivity index (χ4n) is 2.28. The first-order valence-corrected chi connectivity index (χ1v) is 7.38. The number of nitrogens with zero attached hydrogens (tertiary/aromatic N) is 5. The average Bonchev–Trinajstić information content (AvgIpc) is 3.11. The Hall–Kier alpha value is -2.63. The van der Waals surface area contributed by atoms with Crippen LogP contribution < -0.4 is 10.2 Å². The van der Waals surface area contributed by atoms with Crippen LogP contribution in [0.1, 0.15) is 5.82 Å². The lowest BCUT2D eigenvalue weighted by atomic mass is 10.2. The number of aromatic amines is 1. The van der Waals surface area contributed by atoms with Gasteiger partial charge in [0.2, 0.25) is 5.82 Å². The normalized spacial score (nSPS) is 15.3. The van der Waals surface area contributed by atoms with E-state index in [1.165, 1.54) is 0 Å². The number of hydrogen-bond acceptors (Lipinski definition) is 7. The summed E-state index contributed by atoms with van der Waals surface area (Å²) in [6.07, 6.45) is 1.54. The number of morpholine rings is 1. The van der Waals surface area contributed by atoms with Crippen molar-refractivity contribution in [3.8, 4) is 6.07 Å². The largest absolute Gasteiger partial charge is 0.378 e. The summed E-state index contributed by atoms with van der Waals surface area (Å²) in [5.41, 5.74) is 2.07. The van der Waals surface area contributed by atoms with Crippen LogP contribution in [0.4, 0.5) is 11.4 Å². The summed E-state index contributed by atoms with van der Waals surface area (Å²) >= 11 is 6.10. The standard InChI is InChI=1S/C14H14ClN7O/c15-11-1-2-13(22-3-5-23-6-4-22)12(7-11)17-9-10(8-16)14-18-20-21-19-14/h1-2,7,9,17H,3-6H2,(H,18,19,20,21). The first kappa shape index (κ1) is 15.3. The molecule has 0 aliphatic carbocycles. The maximum absolute atomic E-state index is 9.22. The van der Waals surface area contributed by atoms with Crippen LogP contribution in [0.25, 0.3) is 5.57 Å². The van der Waals surface area contributed by atoms with E-state index in [0.717, 1.165) is 24.5 Å². The van der Waals surface area contributed by atoms with E-state index in [1.54, 1.807) is 6.20 Å². The summed E-state index contributed by atoms with van der Waals surface area (Å²) in [6.45, 7) is 2.97. The minimum absolute atomic E-state index is 0.231. The molecule has 9 heteroatoms. The summed E-state index contributed by atoms with van der Waals surface area (Å²) < 4.78 is 5.38. The molecule has 1 saturated heterocycles. The third-order valence-corrected chi connectivity index (χ3v) is 3.62. The van der Waals surface area contributed by atoms with Crippen LogP contribution in [0.5, 0.6) is 0 Å². The number of rotatable bonds is 4. The predicted octanol–water partition coefficient (Wildman–Crippen LogP) is 1.67. The van der Waals surface area contributed by atoms with Gasteiger partial charge >= 0.3 is 0 Å². The van der Waals surface area contributed by atoms with Gasteiger partial charge in [0.25, 0.3) is 0 Å². The van der Waals surface area contributed by atoms with Gasteiger partial charge in [-0.05, 0) is 23.4 Å². The molecule has 0 unspecified atom stereocenters. The number of H-pyrrole nitrogens is 1. The highest BCUT2D eigenvalue weighted by atomic mass is 35.5. The smallest absolute Gasteiger partial charge is 0.216 e. The average molecular weight is 332 g/mol. The van der Waals surface area contributed by atoms with Crippen molar-refractivity contribution in [3.63, 3.8) is 0 Å². The Bertz CT molecular complexity index is 732. The number of halogens is 1. The number of benzene rings is 1. The highest BCUT2D eigenvalue weighted by Gasteiger charge is 2.15.